The molecular weight excluding hydrogens is 553 g/mol. The van der Waals surface area contributed by atoms with E-state index < -0.39 is 35.5 Å². The van der Waals surface area contributed by atoms with Crippen LogP contribution in [0.3, 0.4) is 0 Å². The number of anilines is 1. The Morgan fingerprint density at radius 1 is 1.12 bits per heavy atom. The van der Waals surface area contributed by atoms with Gasteiger partial charge in [0.1, 0.15) is 11.6 Å². The quantitative estimate of drug-likeness (QED) is 0.161. The highest BCUT2D eigenvalue weighted by molar-refractivity contribution is 6.23. The maximum Gasteiger partial charge on any atom is 0.262 e. The number of piperidine rings is 1. The van der Waals surface area contributed by atoms with Gasteiger partial charge in [-0.1, -0.05) is 6.07 Å². The molecule has 3 heterocycles. The molecule has 11 nitrogen and oxygen atoms in total. The van der Waals surface area contributed by atoms with Crippen molar-refractivity contribution in [1.82, 2.24) is 25.5 Å². The first-order chi connectivity index (χ1) is 20.8. The summed E-state index contributed by atoms with van der Waals surface area (Å²) < 4.78 is 14.1. The Labute approximate surface area is 246 Å². The molecule has 1 saturated carbocycles. The van der Waals surface area contributed by atoms with Crippen LogP contribution in [0.15, 0.2) is 48.8 Å². The van der Waals surface area contributed by atoms with Crippen molar-refractivity contribution in [3.05, 3.63) is 71.4 Å². The number of halogens is 1. The van der Waals surface area contributed by atoms with E-state index in [1.54, 1.807) is 42.7 Å². The first kappa shape index (κ1) is 28.1. The molecule has 2 aromatic carbocycles. The first-order valence-corrected chi connectivity index (χ1v) is 14.3. The lowest BCUT2D eigenvalue weighted by Gasteiger charge is -2.35. The Morgan fingerprint density at radius 2 is 1.93 bits per heavy atom. The minimum Gasteiger partial charge on any atom is -0.388 e. The normalized spacial score (nSPS) is 21.8. The molecule has 3 aromatic rings. The molecule has 1 saturated heterocycles. The van der Waals surface area contributed by atoms with Gasteiger partial charge in [-0.15, -0.1) is 0 Å². The lowest BCUT2D eigenvalue weighted by Crippen LogP contribution is -2.54. The number of carbonyl (C=O) groups is 4. The van der Waals surface area contributed by atoms with Crippen molar-refractivity contribution in [2.45, 2.75) is 50.6 Å². The number of allylic oxidation sites excluding steroid dienone is 1. The average molecular weight is 584 g/mol. The highest BCUT2D eigenvalue weighted by atomic mass is 19.1. The minimum atomic E-state index is -0.980. The van der Waals surface area contributed by atoms with Gasteiger partial charge >= 0.3 is 0 Å². The van der Waals surface area contributed by atoms with E-state index in [2.05, 4.69) is 25.9 Å². The molecule has 0 bridgehead atoms. The van der Waals surface area contributed by atoms with Gasteiger partial charge in [0.2, 0.25) is 11.8 Å². The molecule has 1 aromatic heterocycles. The van der Waals surface area contributed by atoms with Crippen LogP contribution in [0.25, 0.3) is 16.6 Å². The summed E-state index contributed by atoms with van der Waals surface area (Å²) in [6.07, 6.45) is 8.60. The Morgan fingerprint density at radius 3 is 2.72 bits per heavy atom. The van der Waals surface area contributed by atoms with E-state index in [1.165, 1.54) is 12.3 Å². The SMILES string of the molecule is N=C/C(=C\NC1CC(CCCNc2ccc3c(c2)C(=O)N(C2CCC(=O)NC2=O)C3=O)C1)c1cnc2cccc(F)c2n1. The van der Waals surface area contributed by atoms with Crippen molar-refractivity contribution in [2.24, 2.45) is 5.92 Å². The fraction of sp³-hybridized carbons (Fsp3) is 0.323. The summed E-state index contributed by atoms with van der Waals surface area (Å²) in [5.41, 5.74) is 2.84. The number of rotatable bonds is 10. The third kappa shape index (κ3) is 5.60. The monoisotopic (exact) mass is 583 g/mol. The summed E-state index contributed by atoms with van der Waals surface area (Å²) in [7, 11) is 0. The number of nitrogens with one attached hydrogen (secondary N) is 4. The van der Waals surface area contributed by atoms with Gasteiger partial charge in [0, 0.05) is 42.7 Å². The topological polar surface area (TPSA) is 157 Å². The maximum absolute atomic E-state index is 14.1. The van der Waals surface area contributed by atoms with E-state index in [0.717, 1.165) is 36.3 Å². The number of aromatic nitrogens is 2. The van der Waals surface area contributed by atoms with Gasteiger partial charge in [-0.3, -0.25) is 34.4 Å². The van der Waals surface area contributed by atoms with Crippen LogP contribution >= 0.6 is 0 Å². The number of benzene rings is 2. The smallest absolute Gasteiger partial charge is 0.262 e. The van der Waals surface area contributed by atoms with Crippen LogP contribution in [0.5, 0.6) is 0 Å². The van der Waals surface area contributed by atoms with Crippen LogP contribution in [-0.2, 0) is 9.59 Å². The van der Waals surface area contributed by atoms with E-state index in [1.807, 2.05) is 0 Å². The van der Waals surface area contributed by atoms with E-state index in [-0.39, 0.29) is 35.5 Å². The number of imide groups is 2. The highest BCUT2D eigenvalue weighted by Crippen LogP contribution is 2.32. The van der Waals surface area contributed by atoms with Gasteiger partial charge in [-0.05, 0) is 68.4 Å². The number of amides is 4. The van der Waals surface area contributed by atoms with Crippen molar-refractivity contribution < 1.29 is 23.6 Å². The van der Waals surface area contributed by atoms with Crippen LogP contribution in [0.4, 0.5) is 10.1 Å². The Bertz CT molecular complexity index is 1680. The number of hydrogen-bond acceptors (Lipinski definition) is 9. The molecule has 6 rings (SSSR count). The molecule has 2 fully saturated rings. The Balaban J connectivity index is 0.958. The van der Waals surface area contributed by atoms with Crippen molar-refractivity contribution >= 4 is 52.1 Å². The molecule has 3 aliphatic rings. The van der Waals surface area contributed by atoms with Crippen LogP contribution in [0, 0.1) is 17.1 Å². The lowest BCUT2D eigenvalue weighted by molar-refractivity contribution is -0.136. The summed E-state index contributed by atoms with van der Waals surface area (Å²) in [4.78, 5) is 59.2. The second kappa shape index (κ2) is 11.7. The predicted octanol–water partition coefficient (Wildman–Crippen LogP) is 3.42. The predicted molar refractivity (Wildman–Crippen MR) is 157 cm³/mol. The number of fused-ring (bicyclic) bond motifs is 2. The minimum absolute atomic E-state index is 0.0821. The van der Waals surface area contributed by atoms with Crippen molar-refractivity contribution in [3.63, 3.8) is 0 Å². The summed E-state index contributed by atoms with van der Waals surface area (Å²) in [6, 6.07) is 8.92. The van der Waals surface area contributed by atoms with E-state index in [9.17, 15) is 23.6 Å². The van der Waals surface area contributed by atoms with Gasteiger partial charge in [-0.25, -0.2) is 9.37 Å². The van der Waals surface area contributed by atoms with Crippen LogP contribution in [0.2, 0.25) is 0 Å². The second-order valence-corrected chi connectivity index (χ2v) is 11.1. The second-order valence-electron chi connectivity index (χ2n) is 11.1. The molecule has 12 heteroatoms. The molecule has 0 radical (unpaired) electrons. The van der Waals surface area contributed by atoms with E-state index in [4.69, 9.17) is 5.41 Å². The van der Waals surface area contributed by atoms with Gasteiger partial charge in [0.25, 0.3) is 11.8 Å². The highest BCUT2D eigenvalue weighted by Gasteiger charge is 2.44. The van der Waals surface area contributed by atoms with Gasteiger partial charge in [0.05, 0.1) is 28.5 Å². The Kier molecular flexibility index (Phi) is 7.66. The van der Waals surface area contributed by atoms with Crippen LogP contribution < -0.4 is 16.0 Å². The van der Waals surface area contributed by atoms with Crippen molar-refractivity contribution in [1.29, 1.82) is 5.41 Å². The molecule has 1 aliphatic carbocycles. The summed E-state index contributed by atoms with van der Waals surface area (Å²) in [5, 5.41) is 16.6. The van der Waals surface area contributed by atoms with E-state index >= 15 is 0 Å². The molecule has 43 heavy (non-hydrogen) atoms. The first-order valence-electron chi connectivity index (χ1n) is 14.3. The van der Waals surface area contributed by atoms with Crippen LogP contribution in [-0.4, -0.2) is 63.3 Å². The summed E-state index contributed by atoms with van der Waals surface area (Å²) in [5.74, 6) is -1.96. The fourth-order valence-electron chi connectivity index (χ4n) is 5.85. The van der Waals surface area contributed by atoms with Crippen molar-refractivity contribution in [3.8, 4) is 0 Å². The molecule has 4 N–H and O–H groups in total. The van der Waals surface area contributed by atoms with Gasteiger partial charge in [0.15, 0.2) is 5.82 Å². The number of carbonyl (C=O) groups excluding carboxylic acids is 4. The molecule has 1 unspecified atom stereocenters. The molecule has 0 spiro atoms. The molecule has 4 amide bonds. The largest absolute Gasteiger partial charge is 0.388 e. The third-order valence-corrected chi connectivity index (χ3v) is 8.24. The standard InChI is InChI=1S/C31H30FN7O4/c32-23-4-1-5-24-28(23)37-25(16-36-24)18(14-33)15-35-20-11-17(12-20)3-2-10-34-19-6-7-21-22(13-19)31(43)39(30(21)42)26-8-9-27(40)38-29(26)41/h1,4-7,13-17,20,26,33-35H,2-3,8-12H2,(H,38,40,41)/b18-15+,33-14?. The zero-order valence-corrected chi connectivity index (χ0v) is 23.2. The lowest BCUT2D eigenvalue weighted by atomic mass is 9.77. The third-order valence-electron chi connectivity index (χ3n) is 8.24. The van der Waals surface area contributed by atoms with E-state index in [0.29, 0.717) is 29.2 Å². The molecule has 2 aliphatic heterocycles. The number of para-hydroxylation sites is 1. The summed E-state index contributed by atoms with van der Waals surface area (Å²) >= 11 is 0. The van der Waals surface area contributed by atoms with Gasteiger partial charge < -0.3 is 16.0 Å². The Hall–Kier alpha value is -5.00. The number of nitrogens with zero attached hydrogens (tertiary/aromatic N) is 3. The molecular formula is C31H30FN7O4. The number of hydrogen-bond donors (Lipinski definition) is 4. The average Bonchev–Trinajstić information content (AvgIpc) is 3.22. The molecule has 220 valence electrons. The zero-order valence-electron chi connectivity index (χ0n) is 23.2. The zero-order chi connectivity index (χ0) is 30.1. The summed E-state index contributed by atoms with van der Waals surface area (Å²) in [6.45, 7) is 0.696. The molecule has 1 atom stereocenters. The van der Waals surface area contributed by atoms with Gasteiger partial charge in [-0.2, -0.15) is 0 Å². The van der Waals surface area contributed by atoms with Crippen LogP contribution in [0.1, 0.15) is 64.9 Å². The maximum atomic E-state index is 14.1. The van der Waals surface area contributed by atoms with Crippen molar-refractivity contribution in [2.75, 3.05) is 11.9 Å². The fourth-order valence-corrected chi connectivity index (χ4v) is 5.85.